The standard InChI is InChI=1S/C16H22ClN3O6S/c1-9(13(21)19-15(23)20-16(2,3)4)26-14(22)11-8-10(6-7-12(11)17)27(24,25)18-5/h6-9,18H,1-5H3,(H2,19,20,21,23)/t9-/m1/s1. The maximum Gasteiger partial charge on any atom is 0.340 e. The van der Waals surface area contributed by atoms with Crippen molar-refractivity contribution >= 4 is 39.5 Å². The Morgan fingerprint density at radius 2 is 1.78 bits per heavy atom. The number of rotatable bonds is 5. The minimum absolute atomic E-state index is 0.0480. The quantitative estimate of drug-likeness (QED) is 0.618. The minimum Gasteiger partial charge on any atom is -0.449 e. The van der Waals surface area contributed by atoms with E-state index in [9.17, 15) is 22.8 Å². The fourth-order valence-electron chi connectivity index (χ4n) is 1.81. The van der Waals surface area contributed by atoms with Crippen molar-refractivity contribution in [1.29, 1.82) is 0 Å². The molecule has 150 valence electrons. The molecule has 9 nitrogen and oxygen atoms in total. The Hall–Kier alpha value is -2.17. The number of halogens is 1. The first-order valence-corrected chi connectivity index (χ1v) is 9.70. The predicted molar refractivity (Wildman–Crippen MR) is 99.0 cm³/mol. The molecule has 0 aliphatic carbocycles. The second-order valence-corrected chi connectivity index (χ2v) is 8.88. The lowest BCUT2D eigenvalue weighted by Gasteiger charge is -2.21. The van der Waals surface area contributed by atoms with Crippen molar-refractivity contribution < 1.29 is 27.5 Å². The third-order valence-electron chi connectivity index (χ3n) is 3.12. The second-order valence-electron chi connectivity index (χ2n) is 6.59. The molecule has 27 heavy (non-hydrogen) atoms. The molecular weight excluding hydrogens is 398 g/mol. The summed E-state index contributed by atoms with van der Waals surface area (Å²) in [6.45, 7) is 6.46. The van der Waals surface area contributed by atoms with Crippen LogP contribution in [0, 0.1) is 0 Å². The van der Waals surface area contributed by atoms with Crippen LogP contribution in [-0.4, -0.2) is 45.0 Å². The highest BCUT2D eigenvalue weighted by molar-refractivity contribution is 7.89. The van der Waals surface area contributed by atoms with E-state index >= 15 is 0 Å². The molecule has 0 spiro atoms. The Morgan fingerprint density at radius 1 is 1.19 bits per heavy atom. The van der Waals surface area contributed by atoms with E-state index < -0.39 is 39.6 Å². The first-order valence-electron chi connectivity index (χ1n) is 7.84. The average Bonchev–Trinajstić information content (AvgIpc) is 2.52. The summed E-state index contributed by atoms with van der Waals surface area (Å²) in [6, 6.07) is 2.74. The van der Waals surface area contributed by atoms with E-state index in [1.807, 2.05) is 5.32 Å². The number of ether oxygens (including phenoxy) is 1. The van der Waals surface area contributed by atoms with Gasteiger partial charge in [0.15, 0.2) is 6.10 Å². The Bertz CT molecular complexity index is 848. The van der Waals surface area contributed by atoms with Crippen LogP contribution in [0.5, 0.6) is 0 Å². The van der Waals surface area contributed by atoms with Crippen LogP contribution in [-0.2, 0) is 19.6 Å². The highest BCUT2D eigenvalue weighted by Gasteiger charge is 2.25. The second kappa shape index (κ2) is 8.68. The number of carbonyl (C=O) groups is 3. The number of urea groups is 1. The summed E-state index contributed by atoms with van der Waals surface area (Å²) in [4.78, 5) is 35.7. The topological polar surface area (TPSA) is 131 Å². The zero-order chi connectivity index (χ0) is 21.0. The molecule has 1 aromatic carbocycles. The number of esters is 1. The number of benzene rings is 1. The van der Waals surface area contributed by atoms with E-state index in [1.165, 1.54) is 26.1 Å². The van der Waals surface area contributed by atoms with Crippen LogP contribution in [0.15, 0.2) is 23.1 Å². The van der Waals surface area contributed by atoms with Crippen molar-refractivity contribution in [3.05, 3.63) is 28.8 Å². The van der Waals surface area contributed by atoms with E-state index in [0.717, 1.165) is 6.07 Å². The monoisotopic (exact) mass is 419 g/mol. The average molecular weight is 420 g/mol. The molecule has 3 N–H and O–H groups in total. The van der Waals surface area contributed by atoms with Crippen LogP contribution >= 0.6 is 11.6 Å². The molecule has 0 saturated carbocycles. The number of sulfonamides is 1. The highest BCUT2D eigenvalue weighted by Crippen LogP contribution is 2.21. The Kier molecular flexibility index (Phi) is 7.35. The van der Waals surface area contributed by atoms with Crippen molar-refractivity contribution in [3.8, 4) is 0 Å². The van der Waals surface area contributed by atoms with Crippen LogP contribution in [0.2, 0.25) is 5.02 Å². The SMILES string of the molecule is CNS(=O)(=O)c1ccc(Cl)c(C(=O)O[C@H](C)C(=O)NC(=O)NC(C)(C)C)c1. The summed E-state index contributed by atoms with van der Waals surface area (Å²) in [5.74, 6) is -1.85. The molecule has 0 fully saturated rings. The lowest BCUT2D eigenvalue weighted by Crippen LogP contribution is -2.50. The normalized spacial score (nSPS) is 12.8. The predicted octanol–water partition coefficient (Wildman–Crippen LogP) is 1.42. The smallest absolute Gasteiger partial charge is 0.340 e. The molecule has 1 atom stereocenters. The van der Waals surface area contributed by atoms with Gasteiger partial charge in [-0.25, -0.2) is 22.7 Å². The molecule has 0 aliphatic rings. The number of hydrogen-bond donors (Lipinski definition) is 3. The van der Waals surface area contributed by atoms with Gasteiger partial charge in [0.1, 0.15) is 0 Å². The molecule has 0 radical (unpaired) electrons. The minimum atomic E-state index is -3.80. The van der Waals surface area contributed by atoms with Crippen LogP contribution in [0.4, 0.5) is 4.79 Å². The zero-order valence-corrected chi connectivity index (χ0v) is 17.1. The fourth-order valence-corrected chi connectivity index (χ4v) is 2.76. The van der Waals surface area contributed by atoms with Crippen LogP contribution in [0.3, 0.4) is 0 Å². The van der Waals surface area contributed by atoms with Gasteiger partial charge in [0.05, 0.1) is 15.5 Å². The molecule has 0 unspecified atom stereocenters. The maximum atomic E-state index is 12.3. The summed E-state index contributed by atoms with van der Waals surface area (Å²) in [5.41, 5.74) is -0.788. The van der Waals surface area contributed by atoms with Gasteiger partial charge in [0, 0.05) is 5.54 Å². The van der Waals surface area contributed by atoms with Gasteiger partial charge < -0.3 is 10.1 Å². The van der Waals surface area contributed by atoms with E-state index in [1.54, 1.807) is 20.8 Å². The summed E-state index contributed by atoms with van der Waals surface area (Å²) in [7, 11) is -2.58. The van der Waals surface area contributed by atoms with Crippen molar-refractivity contribution in [2.24, 2.45) is 0 Å². The van der Waals surface area contributed by atoms with E-state index in [2.05, 4.69) is 10.0 Å². The molecule has 0 heterocycles. The van der Waals surface area contributed by atoms with Gasteiger partial charge in [-0.1, -0.05) is 11.6 Å². The van der Waals surface area contributed by atoms with Gasteiger partial charge in [-0.15, -0.1) is 0 Å². The molecular formula is C16H22ClN3O6S. The summed E-state index contributed by atoms with van der Waals surface area (Å²) < 4.78 is 30.8. The van der Waals surface area contributed by atoms with Crippen molar-refractivity contribution in [3.63, 3.8) is 0 Å². The largest absolute Gasteiger partial charge is 0.449 e. The van der Waals surface area contributed by atoms with Crippen molar-refractivity contribution in [1.82, 2.24) is 15.4 Å². The molecule has 1 aromatic rings. The third-order valence-corrected chi connectivity index (χ3v) is 4.86. The summed E-state index contributed by atoms with van der Waals surface area (Å²) in [5, 5.41) is 4.52. The number of hydrogen-bond acceptors (Lipinski definition) is 6. The Morgan fingerprint density at radius 3 is 2.30 bits per heavy atom. The summed E-state index contributed by atoms with van der Waals surface area (Å²) >= 11 is 5.92. The van der Waals surface area contributed by atoms with Gasteiger partial charge in [0.2, 0.25) is 10.0 Å². The molecule has 0 aromatic heterocycles. The number of nitrogens with one attached hydrogen (secondary N) is 3. The van der Waals surface area contributed by atoms with Gasteiger partial charge in [-0.05, 0) is 52.9 Å². The third kappa shape index (κ3) is 6.81. The molecule has 0 bridgehead atoms. The van der Waals surface area contributed by atoms with E-state index in [-0.39, 0.29) is 15.5 Å². The lowest BCUT2D eigenvalue weighted by atomic mass is 10.1. The number of imide groups is 1. The van der Waals surface area contributed by atoms with E-state index in [0.29, 0.717) is 0 Å². The van der Waals surface area contributed by atoms with Crippen LogP contribution in [0.1, 0.15) is 38.1 Å². The highest BCUT2D eigenvalue weighted by atomic mass is 35.5. The Labute approximate surface area is 162 Å². The van der Waals surface area contributed by atoms with Gasteiger partial charge in [0.25, 0.3) is 5.91 Å². The lowest BCUT2D eigenvalue weighted by molar-refractivity contribution is -0.127. The molecule has 11 heteroatoms. The first kappa shape index (κ1) is 22.9. The maximum absolute atomic E-state index is 12.3. The summed E-state index contributed by atoms with van der Waals surface area (Å²) in [6.07, 6.45) is -1.32. The van der Waals surface area contributed by atoms with Gasteiger partial charge >= 0.3 is 12.0 Å². The van der Waals surface area contributed by atoms with Crippen molar-refractivity contribution in [2.75, 3.05) is 7.05 Å². The fraction of sp³-hybridized carbons (Fsp3) is 0.438. The van der Waals surface area contributed by atoms with Gasteiger partial charge in [-0.2, -0.15) is 0 Å². The van der Waals surface area contributed by atoms with E-state index in [4.69, 9.17) is 16.3 Å². The molecule has 1 rings (SSSR count). The first-order chi connectivity index (χ1) is 12.3. The van der Waals surface area contributed by atoms with Crippen LogP contribution < -0.4 is 15.4 Å². The van der Waals surface area contributed by atoms with Gasteiger partial charge in [-0.3, -0.25) is 10.1 Å². The molecule has 3 amide bonds. The number of carbonyl (C=O) groups excluding carboxylic acids is 3. The van der Waals surface area contributed by atoms with Crippen LogP contribution in [0.25, 0.3) is 0 Å². The Balaban J connectivity index is 2.88. The van der Waals surface area contributed by atoms with Crippen molar-refractivity contribution in [2.45, 2.75) is 44.2 Å². The molecule has 0 aliphatic heterocycles. The number of amides is 3. The zero-order valence-electron chi connectivity index (χ0n) is 15.5. The molecule has 0 saturated heterocycles.